The molecule has 0 unspecified atom stereocenters. The Balaban J connectivity index is 0.00000176. The minimum Gasteiger partial charge on any atom is -0.326 e. The number of carbonyl (C=O) groups is 1. The Morgan fingerprint density at radius 2 is 2.05 bits per heavy atom. The number of nitrogens with zero attached hydrogens (tertiary/aromatic N) is 2. The van der Waals surface area contributed by atoms with Gasteiger partial charge in [-0.25, -0.2) is 0 Å². The number of hydrogen-bond acceptors (Lipinski definition) is 3. The topological polar surface area (TPSA) is 59.0 Å². The molecule has 1 aliphatic heterocycles. The second-order valence-corrected chi connectivity index (χ2v) is 5.67. The number of nitrogens with one attached hydrogen (secondary N) is 2. The summed E-state index contributed by atoms with van der Waals surface area (Å²) in [6, 6.07) is 7.88. The normalized spacial score (nSPS) is 20.5. The first kappa shape index (κ1) is 16.5. The van der Waals surface area contributed by atoms with Crippen LogP contribution in [0.1, 0.15) is 17.0 Å². The zero-order valence-corrected chi connectivity index (χ0v) is 13.6. The largest absolute Gasteiger partial charge is 0.326 e. The van der Waals surface area contributed by atoms with E-state index in [4.69, 9.17) is 0 Å². The molecule has 118 valence electrons. The molecule has 6 heteroatoms. The standard InChI is InChI=1S/C16H20N4O.ClH/c1-11-3-5-13(6-4-11)19-16(21)15-9-17-8-14(15)12-7-18-20(2)10-12;/h3-7,10,14-15,17H,8-9H2,1-2H3,(H,19,21);1H/t14-,15+;/m1./s1. The lowest BCUT2D eigenvalue weighted by Crippen LogP contribution is -2.28. The molecule has 1 saturated heterocycles. The van der Waals surface area contributed by atoms with Gasteiger partial charge in [-0.05, 0) is 24.6 Å². The highest BCUT2D eigenvalue weighted by molar-refractivity contribution is 5.93. The first-order chi connectivity index (χ1) is 10.1. The van der Waals surface area contributed by atoms with Crippen LogP contribution in [0.4, 0.5) is 5.69 Å². The van der Waals surface area contributed by atoms with Gasteiger partial charge in [0, 0.05) is 37.9 Å². The van der Waals surface area contributed by atoms with Gasteiger partial charge in [0.2, 0.25) is 5.91 Å². The first-order valence-corrected chi connectivity index (χ1v) is 7.20. The van der Waals surface area contributed by atoms with Crippen LogP contribution in [-0.4, -0.2) is 28.8 Å². The Labute approximate surface area is 136 Å². The van der Waals surface area contributed by atoms with Crippen LogP contribution >= 0.6 is 12.4 Å². The summed E-state index contributed by atoms with van der Waals surface area (Å²) >= 11 is 0. The van der Waals surface area contributed by atoms with Crippen LogP contribution in [0.3, 0.4) is 0 Å². The van der Waals surface area contributed by atoms with Crippen LogP contribution in [0, 0.1) is 12.8 Å². The fraction of sp³-hybridized carbons (Fsp3) is 0.375. The summed E-state index contributed by atoms with van der Waals surface area (Å²) in [4.78, 5) is 12.5. The van der Waals surface area contributed by atoms with Crippen molar-refractivity contribution >= 4 is 24.0 Å². The predicted molar refractivity (Wildman–Crippen MR) is 89.4 cm³/mol. The molecule has 5 nitrogen and oxygen atoms in total. The Morgan fingerprint density at radius 1 is 1.32 bits per heavy atom. The molecule has 2 heterocycles. The van der Waals surface area contributed by atoms with Gasteiger partial charge in [0.15, 0.2) is 0 Å². The molecule has 22 heavy (non-hydrogen) atoms. The van der Waals surface area contributed by atoms with Crippen LogP contribution < -0.4 is 10.6 Å². The summed E-state index contributed by atoms with van der Waals surface area (Å²) in [7, 11) is 1.90. The molecule has 2 atom stereocenters. The van der Waals surface area contributed by atoms with Crippen molar-refractivity contribution in [1.29, 1.82) is 0 Å². The molecule has 1 fully saturated rings. The third-order valence-electron chi connectivity index (χ3n) is 4.02. The quantitative estimate of drug-likeness (QED) is 0.910. The second kappa shape index (κ2) is 6.94. The van der Waals surface area contributed by atoms with E-state index in [1.165, 1.54) is 5.56 Å². The molecule has 1 amide bonds. The maximum Gasteiger partial charge on any atom is 0.229 e. The van der Waals surface area contributed by atoms with Gasteiger partial charge in [-0.2, -0.15) is 5.10 Å². The van der Waals surface area contributed by atoms with E-state index < -0.39 is 0 Å². The lowest BCUT2D eigenvalue weighted by atomic mass is 9.90. The molecule has 2 aromatic rings. The number of anilines is 1. The van der Waals surface area contributed by atoms with Gasteiger partial charge in [-0.3, -0.25) is 9.48 Å². The van der Waals surface area contributed by atoms with Crippen molar-refractivity contribution in [2.75, 3.05) is 18.4 Å². The van der Waals surface area contributed by atoms with Gasteiger partial charge in [-0.15, -0.1) is 12.4 Å². The van der Waals surface area contributed by atoms with Crippen LogP contribution in [0.25, 0.3) is 0 Å². The van der Waals surface area contributed by atoms with E-state index in [2.05, 4.69) is 15.7 Å². The fourth-order valence-corrected chi connectivity index (χ4v) is 2.81. The van der Waals surface area contributed by atoms with Crippen LogP contribution in [-0.2, 0) is 11.8 Å². The number of amides is 1. The van der Waals surface area contributed by atoms with E-state index in [9.17, 15) is 4.79 Å². The SMILES string of the molecule is Cc1ccc(NC(=O)[C@H]2CNC[C@@H]2c2cnn(C)c2)cc1.Cl. The highest BCUT2D eigenvalue weighted by Gasteiger charge is 2.34. The minimum absolute atomic E-state index is 0. The van der Waals surface area contributed by atoms with Gasteiger partial charge in [0.1, 0.15) is 0 Å². The van der Waals surface area contributed by atoms with Crippen molar-refractivity contribution in [3.8, 4) is 0 Å². The molecule has 0 radical (unpaired) electrons. The van der Waals surface area contributed by atoms with Crippen molar-refractivity contribution in [2.24, 2.45) is 13.0 Å². The summed E-state index contributed by atoms with van der Waals surface area (Å²) in [5, 5.41) is 10.5. The molecule has 3 rings (SSSR count). The molecule has 1 aromatic heterocycles. The Kier molecular flexibility index (Phi) is 5.21. The number of halogens is 1. The van der Waals surface area contributed by atoms with E-state index in [1.807, 2.05) is 50.6 Å². The summed E-state index contributed by atoms with van der Waals surface area (Å²) in [5.74, 6) is 0.192. The highest BCUT2D eigenvalue weighted by Crippen LogP contribution is 2.28. The first-order valence-electron chi connectivity index (χ1n) is 7.20. The van der Waals surface area contributed by atoms with Crippen LogP contribution in [0.15, 0.2) is 36.7 Å². The summed E-state index contributed by atoms with van der Waals surface area (Å²) in [6.45, 7) is 3.56. The number of aromatic nitrogens is 2. The van der Waals surface area contributed by atoms with Crippen LogP contribution in [0.5, 0.6) is 0 Å². The van der Waals surface area contributed by atoms with Gasteiger partial charge in [-0.1, -0.05) is 17.7 Å². The molecular formula is C16H21ClN4O. The third-order valence-corrected chi connectivity index (χ3v) is 4.02. The lowest BCUT2D eigenvalue weighted by molar-refractivity contribution is -0.119. The smallest absolute Gasteiger partial charge is 0.229 e. The number of benzene rings is 1. The maximum atomic E-state index is 12.5. The van der Waals surface area contributed by atoms with E-state index in [0.717, 1.165) is 17.8 Å². The minimum atomic E-state index is -0.0597. The van der Waals surface area contributed by atoms with E-state index >= 15 is 0 Å². The number of hydrogen-bond donors (Lipinski definition) is 2. The molecular weight excluding hydrogens is 300 g/mol. The molecule has 0 bridgehead atoms. The predicted octanol–water partition coefficient (Wildman–Crippen LogP) is 2.09. The maximum absolute atomic E-state index is 12.5. The van der Waals surface area contributed by atoms with Crippen molar-refractivity contribution in [2.45, 2.75) is 12.8 Å². The molecule has 1 aliphatic rings. The summed E-state index contributed by atoms with van der Waals surface area (Å²) in [5.41, 5.74) is 3.15. The van der Waals surface area contributed by atoms with Crippen molar-refractivity contribution in [3.63, 3.8) is 0 Å². The molecule has 2 N–H and O–H groups in total. The Morgan fingerprint density at radius 3 is 2.68 bits per heavy atom. The van der Waals surface area contributed by atoms with Gasteiger partial charge in [0.05, 0.1) is 12.1 Å². The zero-order chi connectivity index (χ0) is 14.8. The Bertz CT molecular complexity index is 638. The zero-order valence-electron chi connectivity index (χ0n) is 12.7. The average molecular weight is 321 g/mol. The van der Waals surface area contributed by atoms with E-state index in [0.29, 0.717) is 6.54 Å². The monoisotopic (exact) mass is 320 g/mol. The lowest BCUT2D eigenvalue weighted by Gasteiger charge is -2.17. The van der Waals surface area contributed by atoms with Gasteiger partial charge < -0.3 is 10.6 Å². The average Bonchev–Trinajstić information content (AvgIpc) is 3.09. The third kappa shape index (κ3) is 3.48. The van der Waals surface area contributed by atoms with Crippen molar-refractivity contribution in [1.82, 2.24) is 15.1 Å². The Hall–Kier alpha value is -1.85. The van der Waals surface area contributed by atoms with Gasteiger partial charge in [0.25, 0.3) is 0 Å². The van der Waals surface area contributed by atoms with Crippen molar-refractivity contribution < 1.29 is 4.79 Å². The highest BCUT2D eigenvalue weighted by atomic mass is 35.5. The number of rotatable bonds is 3. The van der Waals surface area contributed by atoms with E-state index in [-0.39, 0.29) is 30.2 Å². The molecule has 0 spiro atoms. The van der Waals surface area contributed by atoms with Crippen molar-refractivity contribution in [3.05, 3.63) is 47.8 Å². The molecule has 0 aliphatic carbocycles. The fourth-order valence-electron chi connectivity index (χ4n) is 2.81. The van der Waals surface area contributed by atoms with E-state index in [1.54, 1.807) is 4.68 Å². The number of carbonyl (C=O) groups excluding carboxylic acids is 1. The van der Waals surface area contributed by atoms with Crippen LogP contribution in [0.2, 0.25) is 0 Å². The second-order valence-electron chi connectivity index (χ2n) is 5.67. The molecule has 0 saturated carbocycles. The van der Waals surface area contributed by atoms with Gasteiger partial charge >= 0.3 is 0 Å². The molecule has 1 aromatic carbocycles. The summed E-state index contributed by atoms with van der Waals surface area (Å²) in [6.07, 6.45) is 3.84. The summed E-state index contributed by atoms with van der Waals surface area (Å²) < 4.78 is 1.78. The number of aryl methyl sites for hydroxylation is 2.